The van der Waals surface area contributed by atoms with Gasteiger partial charge in [-0.25, -0.2) is 0 Å². The molecule has 21 heavy (non-hydrogen) atoms. The molecular formula is C17H17ClN2S. The van der Waals surface area contributed by atoms with Crippen LogP contribution in [0.15, 0.2) is 47.5 Å². The Morgan fingerprint density at radius 1 is 1.19 bits per heavy atom. The quantitative estimate of drug-likeness (QED) is 0.547. The van der Waals surface area contributed by atoms with Crippen LogP contribution in [0.3, 0.4) is 0 Å². The minimum Gasteiger partial charge on any atom is -0.399 e. The average molecular weight is 317 g/mol. The summed E-state index contributed by atoms with van der Waals surface area (Å²) in [6.07, 6.45) is 4.17. The van der Waals surface area contributed by atoms with Gasteiger partial charge in [0.1, 0.15) is 0 Å². The van der Waals surface area contributed by atoms with Crippen molar-refractivity contribution in [1.29, 1.82) is 0 Å². The summed E-state index contributed by atoms with van der Waals surface area (Å²) in [5, 5.41) is 2.05. The Balaban J connectivity index is 2.07. The van der Waals surface area contributed by atoms with Gasteiger partial charge in [0.15, 0.2) is 0 Å². The van der Waals surface area contributed by atoms with Crippen LogP contribution in [0, 0.1) is 6.92 Å². The molecule has 0 aliphatic rings. The first kappa shape index (κ1) is 14.4. The molecule has 2 aromatic carbocycles. The minimum absolute atomic E-state index is 0.750. The Morgan fingerprint density at radius 3 is 2.71 bits per heavy atom. The maximum atomic E-state index is 6.35. The SMILES string of the molecule is CSc1cc(N)cc2c1ccn2Cc1ccc(C)cc1Cl. The van der Waals surface area contributed by atoms with Crippen LogP contribution in [0.1, 0.15) is 11.1 Å². The van der Waals surface area contributed by atoms with Crippen molar-refractivity contribution in [3.8, 4) is 0 Å². The Morgan fingerprint density at radius 2 is 2.00 bits per heavy atom. The van der Waals surface area contributed by atoms with Gasteiger partial charge in [0.2, 0.25) is 0 Å². The van der Waals surface area contributed by atoms with Crippen LogP contribution in [0.4, 0.5) is 5.69 Å². The molecule has 3 rings (SSSR count). The number of anilines is 1. The highest BCUT2D eigenvalue weighted by Gasteiger charge is 2.09. The Hall–Kier alpha value is -1.58. The van der Waals surface area contributed by atoms with Crippen LogP contribution >= 0.6 is 23.4 Å². The zero-order valence-corrected chi connectivity index (χ0v) is 13.6. The van der Waals surface area contributed by atoms with E-state index in [0.717, 1.165) is 28.3 Å². The third-order valence-corrected chi connectivity index (χ3v) is 4.77. The minimum atomic E-state index is 0.750. The predicted molar refractivity (Wildman–Crippen MR) is 93.4 cm³/mol. The molecule has 0 amide bonds. The number of nitrogens with zero attached hydrogens (tertiary/aromatic N) is 1. The van der Waals surface area contributed by atoms with Crippen molar-refractivity contribution in [2.75, 3.05) is 12.0 Å². The number of halogens is 1. The molecule has 2 nitrogen and oxygen atoms in total. The highest BCUT2D eigenvalue weighted by atomic mass is 35.5. The zero-order chi connectivity index (χ0) is 15.0. The van der Waals surface area contributed by atoms with Crippen molar-refractivity contribution in [3.05, 3.63) is 58.7 Å². The Kier molecular flexibility index (Phi) is 3.87. The van der Waals surface area contributed by atoms with Crippen LogP contribution in [-0.2, 0) is 6.54 Å². The fourth-order valence-corrected chi connectivity index (χ4v) is 3.49. The molecule has 0 aliphatic carbocycles. The molecular weight excluding hydrogens is 300 g/mol. The number of hydrogen-bond donors (Lipinski definition) is 1. The molecule has 0 unspecified atom stereocenters. The van der Waals surface area contributed by atoms with Gasteiger partial charge in [-0.05, 0) is 48.6 Å². The second-order valence-electron chi connectivity index (χ2n) is 5.19. The molecule has 4 heteroatoms. The van der Waals surface area contributed by atoms with E-state index in [9.17, 15) is 0 Å². The average Bonchev–Trinajstić information content (AvgIpc) is 2.84. The largest absolute Gasteiger partial charge is 0.399 e. The van der Waals surface area contributed by atoms with Gasteiger partial charge < -0.3 is 10.3 Å². The van der Waals surface area contributed by atoms with Crippen molar-refractivity contribution in [2.45, 2.75) is 18.4 Å². The molecule has 1 aromatic heterocycles. The van der Waals surface area contributed by atoms with Gasteiger partial charge in [-0.3, -0.25) is 0 Å². The molecule has 0 spiro atoms. The number of rotatable bonds is 3. The van der Waals surface area contributed by atoms with Crippen molar-refractivity contribution < 1.29 is 0 Å². The number of aromatic nitrogens is 1. The molecule has 3 aromatic rings. The van der Waals surface area contributed by atoms with Crippen LogP contribution < -0.4 is 5.73 Å². The molecule has 0 radical (unpaired) electrons. The summed E-state index contributed by atoms with van der Waals surface area (Å²) in [6, 6.07) is 12.4. The summed E-state index contributed by atoms with van der Waals surface area (Å²) in [6.45, 7) is 2.80. The second-order valence-corrected chi connectivity index (χ2v) is 6.45. The van der Waals surface area contributed by atoms with Gasteiger partial charge in [-0.1, -0.05) is 23.7 Å². The standard InChI is InChI=1S/C17H17ClN2S/c1-11-3-4-12(15(18)7-11)10-20-6-5-14-16(20)8-13(19)9-17(14)21-2/h3-9H,10,19H2,1-2H3. The second kappa shape index (κ2) is 5.66. The van der Waals surface area contributed by atoms with E-state index in [-0.39, 0.29) is 0 Å². The van der Waals surface area contributed by atoms with Crippen molar-refractivity contribution in [2.24, 2.45) is 0 Å². The van der Waals surface area contributed by atoms with E-state index in [0.29, 0.717) is 0 Å². The summed E-state index contributed by atoms with van der Waals surface area (Å²) in [7, 11) is 0. The van der Waals surface area contributed by atoms with E-state index < -0.39 is 0 Å². The topological polar surface area (TPSA) is 30.9 Å². The maximum absolute atomic E-state index is 6.35. The highest BCUT2D eigenvalue weighted by Crippen LogP contribution is 2.31. The van der Waals surface area contributed by atoms with Gasteiger partial charge in [0, 0.05) is 33.7 Å². The van der Waals surface area contributed by atoms with Crippen LogP contribution in [0.5, 0.6) is 0 Å². The van der Waals surface area contributed by atoms with Gasteiger partial charge in [0.25, 0.3) is 0 Å². The number of benzene rings is 2. The number of nitrogen functional groups attached to an aromatic ring is 1. The molecule has 0 atom stereocenters. The van der Waals surface area contributed by atoms with Gasteiger partial charge >= 0.3 is 0 Å². The first-order chi connectivity index (χ1) is 10.1. The monoisotopic (exact) mass is 316 g/mol. The molecule has 0 saturated carbocycles. The summed E-state index contributed by atoms with van der Waals surface area (Å²) >= 11 is 8.06. The van der Waals surface area contributed by atoms with Crippen molar-refractivity contribution in [1.82, 2.24) is 4.57 Å². The van der Waals surface area contributed by atoms with Crippen molar-refractivity contribution in [3.63, 3.8) is 0 Å². The lowest BCUT2D eigenvalue weighted by atomic mass is 10.1. The van der Waals surface area contributed by atoms with Crippen LogP contribution in [-0.4, -0.2) is 10.8 Å². The van der Waals surface area contributed by atoms with E-state index in [1.54, 1.807) is 11.8 Å². The smallest absolute Gasteiger partial charge is 0.0515 e. The number of thioether (sulfide) groups is 1. The first-order valence-corrected chi connectivity index (χ1v) is 8.36. The fourth-order valence-electron chi connectivity index (χ4n) is 2.55. The van der Waals surface area contributed by atoms with Crippen LogP contribution in [0.2, 0.25) is 5.02 Å². The Labute approximate surface area is 133 Å². The van der Waals surface area contributed by atoms with Gasteiger partial charge in [0.05, 0.1) is 5.52 Å². The highest BCUT2D eigenvalue weighted by molar-refractivity contribution is 7.98. The lowest BCUT2D eigenvalue weighted by Gasteiger charge is -2.10. The number of hydrogen-bond acceptors (Lipinski definition) is 2. The molecule has 0 bridgehead atoms. The van der Waals surface area contributed by atoms with Gasteiger partial charge in [-0.2, -0.15) is 0 Å². The molecule has 1 heterocycles. The fraction of sp³-hybridized carbons (Fsp3) is 0.176. The summed E-state index contributed by atoms with van der Waals surface area (Å²) < 4.78 is 2.20. The van der Waals surface area contributed by atoms with Crippen LogP contribution in [0.25, 0.3) is 10.9 Å². The molecule has 0 fully saturated rings. The zero-order valence-electron chi connectivity index (χ0n) is 12.1. The summed E-state index contributed by atoms with van der Waals surface area (Å²) in [5.74, 6) is 0. The van der Waals surface area contributed by atoms with E-state index >= 15 is 0 Å². The molecule has 2 N–H and O–H groups in total. The third kappa shape index (κ3) is 2.76. The van der Waals surface area contributed by atoms with E-state index in [4.69, 9.17) is 17.3 Å². The third-order valence-electron chi connectivity index (χ3n) is 3.64. The molecule has 108 valence electrons. The Bertz CT molecular complexity index is 808. The molecule has 0 aliphatic heterocycles. The lowest BCUT2D eigenvalue weighted by molar-refractivity contribution is 0.836. The number of fused-ring (bicyclic) bond motifs is 1. The predicted octanol–water partition coefficient (Wildman–Crippen LogP) is 4.96. The maximum Gasteiger partial charge on any atom is 0.0515 e. The normalized spacial score (nSPS) is 11.2. The lowest BCUT2D eigenvalue weighted by Crippen LogP contribution is -1.99. The molecule has 0 saturated heterocycles. The number of aryl methyl sites for hydroxylation is 1. The van der Waals surface area contributed by atoms with Gasteiger partial charge in [-0.15, -0.1) is 11.8 Å². The van der Waals surface area contributed by atoms with E-state index in [2.05, 4.69) is 35.2 Å². The number of nitrogens with two attached hydrogens (primary N) is 1. The van der Waals surface area contributed by atoms with E-state index in [1.165, 1.54) is 15.8 Å². The van der Waals surface area contributed by atoms with Crippen molar-refractivity contribution >= 4 is 40.0 Å². The summed E-state index contributed by atoms with van der Waals surface area (Å²) in [5.41, 5.74) is 10.3. The van der Waals surface area contributed by atoms with E-state index in [1.807, 2.05) is 25.1 Å². The first-order valence-electron chi connectivity index (χ1n) is 6.76. The summed E-state index contributed by atoms with van der Waals surface area (Å²) in [4.78, 5) is 1.21.